The van der Waals surface area contributed by atoms with Crippen LogP contribution in [-0.4, -0.2) is 11.8 Å². The molecule has 4 rings (SSSR count). The van der Waals surface area contributed by atoms with E-state index in [-0.39, 0.29) is 17.7 Å². The smallest absolute Gasteiger partial charge is 0.228 e. The molecule has 0 heterocycles. The largest absolute Gasteiger partial charge is 0.326 e. The van der Waals surface area contributed by atoms with Crippen LogP contribution in [0.15, 0.2) is 60.7 Å². The Labute approximate surface area is 158 Å². The van der Waals surface area contributed by atoms with Gasteiger partial charge in [-0.05, 0) is 53.8 Å². The number of carbonyl (C=O) groups is 2. The number of hydrogen-bond acceptors (Lipinski definition) is 2. The number of anilines is 2. The summed E-state index contributed by atoms with van der Waals surface area (Å²) in [6, 6.07) is 19.7. The van der Waals surface area contributed by atoms with Crippen LogP contribution in [-0.2, 0) is 16.0 Å². The Kier molecular flexibility index (Phi) is 4.63. The summed E-state index contributed by atoms with van der Waals surface area (Å²) >= 11 is 0. The van der Waals surface area contributed by atoms with E-state index in [0.29, 0.717) is 6.42 Å². The molecule has 1 aliphatic rings. The maximum atomic E-state index is 12.6. The highest BCUT2D eigenvalue weighted by atomic mass is 16.2. The molecular formula is C23H22N2O2. The summed E-state index contributed by atoms with van der Waals surface area (Å²) in [4.78, 5) is 24.7. The number of benzene rings is 3. The van der Waals surface area contributed by atoms with E-state index in [4.69, 9.17) is 0 Å². The van der Waals surface area contributed by atoms with E-state index in [1.54, 1.807) is 0 Å². The number of amides is 2. The van der Waals surface area contributed by atoms with Crippen molar-refractivity contribution in [3.8, 4) is 0 Å². The van der Waals surface area contributed by atoms with Crippen molar-refractivity contribution in [2.75, 3.05) is 10.6 Å². The number of rotatable bonds is 5. The first-order valence-corrected chi connectivity index (χ1v) is 9.29. The molecule has 0 aliphatic heterocycles. The zero-order chi connectivity index (χ0) is 18.8. The van der Waals surface area contributed by atoms with E-state index >= 15 is 0 Å². The lowest BCUT2D eigenvalue weighted by molar-refractivity contribution is -0.117. The lowest BCUT2D eigenvalue weighted by Gasteiger charge is -2.14. The molecule has 1 aliphatic carbocycles. The Balaban J connectivity index is 1.50. The molecule has 2 N–H and O–H groups in total. The summed E-state index contributed by atoms with van der Waals surface area (Å²) in [7, 11) is 0. The van der Waals surface area contributed by atoms with Crippen LogP contribution in [0.5, 0.6) is 0 Å². The van der Waals surface area contributed by atoms with Crippen molar-refractivity contribution >= 4 is 34.0 Å². The fraction of sp³-hybridized carbons (Fsp3) is 0.217. The Morgan fingerprint density at radius 3 is 2.33 bits per heavy atom. The van der Waals surface area contributed by atoms with E-state index in [0.717, 1.165) is 46.1 Å². The van der Waals surface area contributed by atoms with Gasteiger partial charge in [-0.25, -0.2) is 0 Å². The van der Waals surface area contributed by atoms with Gasteiger partial charge >= 0.3 is 0 Å². The number of hydrogen-bond donors (Lipinski definition) is 2. The van der Waals surface area contributed by atoms with Crippen LogP contribution in [0.1, 0.15) is 24.0 Å². The summed E-state index contributed by atoms with van der Waals surface area (Å²) in [6.07, 6.45) is 2.23. The van der Waals surface area contributed by atoms with Gasteiger partial charge in [0.15, 0.2) is 0 Å². The predicted octanol–water partition coefficient (Wildman–Crippen LogP) is 4.68. The highest BCUT2D eigenvalue weighted by molar-refractivity contribution is 5.99. The molecule has 0 aromatic heterocycles. The van der Waals surface area contributed by atoms with E-state index in [1.165, 1.54) is 0 Å². The van der Waals surface area contributed by atoms with Gasteiger partial charge in [0.2, 0.25) is 11.8 Å². The minimum Gasteiger partial charge on any atom is -0.326 e. The standard InChI is InChI=1S/C23H22N2O2/c1-15-20(10-5-11-21(15)25-23(27)17-12-13-17)24-22(26)14-18-8-4-7-16-6-2-3-9-19(16)18/h2-11,17H,12-14H2,1H3,(H,24,26)(H,25,27). The fourth-order valence-corrected chi connectivity index (χ4v) is 3.30. The average molecular weight is 358 g/mol. The Morgan fingerprint density at radius 2 is 1.56 bits per heavy atom. The highest BCUT2D eigenvalue weighted by Crippen LogP contribution is 2.31. The Morgan fingerprint density at radius 1 is 0.889 bits per heavy atom. The third-order valence-corrected chi connectivity index (χ3v) is 5.04. The van der Waals surface area contributed by atoms with Crippen LogP contribution in [0.3, 0.4) is 0 Å². The van der Waals surface area contributed by atoms with Gasteiger partial charge in [0.25, 0.3) is 0 Å². The molecule has 1 saturated carbocycles. The van der Waals surface area contributed by atoms with Crippen molar-refractivity contribution in [1.29, 1.82) is 0 Å². The van der Waals surface area contributed by atoms with Gasteiger partial charge in [-0.15, -0.1) is 0 Å². The molecule has 2 amide bonds. The molecule has 4 nitrogen and oxygen atoms in total. The number of fused-ring (bicyclic) bond motifs is 1. The normalized spacial score (nSPS) is 13.4. The van der Waals surface area contributed by atoms with Crippen molar-refractivity contribution in [2.45, 2.75) is 26.2 Å². The topological polar surface area (TPSA) is 58.2 Å². The van der Waals surface area contributed by atoms with Gasteiger partial charge in [-0.2, -0.15) is 0 Å². The van der Waals surface area contributed by atoms with Gasteiger partial charge in [-0.1, -0.05) is 48.5 Å². The van der Waals surface area contributed by atoms with Crippen molar-refractivity contribution in [1.82, 2.24) is 0 Å². The lowest BCUT2D eigenvalue weighted by Crippen LogP contribution is -2.17. The van der Waals surface area contributed by atoms with Crippen molar-refractivity contribution in [3.05, 3.63) is 71.8 Å². The molecule has 3 aromatic carbocycles. The van der Waals surface area contributed by atoms with Gasteiger partial charge in [0.1, 0.15) is 0 Å². The molecule has 27 heavy (non-hydrogen) atoms. The monoisotopic (exact) mass is 358 g/mol. The number of carbonyl (C=O) groups excluding carboxylic acids is 2. The molecule has 4 heteroatoms. The first kappa shape index (κ1) is 17.3. The average Bonchev–Trinajstić information content (AvgIpc) is 3.51. The molecule has 1 fully saturated rings. The SMILES string of the molecule is Cc1c(NC(=O)Cc2cccc3ccccc23)cccc1NC(=O)C1CC1. The molecule has 0 spiro atoms. The van der Waals surface area contributed by atoms with E-state index in [9.17, 15) is 9.59 Å². The maximum absolute atomic E-state index is 12.6. The third-order valence-electron chi connectivity index (χ3n) is 5.04. The summed E-state index contributed by atoms with van der Waals surface area (Å²) in [5, 5.41) is 8.18. The highest BCUT2D eigenvalue weighted by Gasteiger charge is 2.29. The first-order valence-electron chi connectivity index (χ1n) is 9.29. The van der Waals surface area contributed by atoms with Crippen LogP contribution in [0.25, 0.3) is 10.8 Å². The summed E-state index contributed by atoms with van der Waals surface area (Å²) < 4.78 is 0. The van der Waals surface area contributed by atoms with Crippen LogP contribution >= 0.6 is 0 Å². The van der Waals surface area contributed by atoms with Crippen molar-refractivity contribution in [3.63, 3.8) is 0 Å². The summed E-state index contributed by atoms with van der Waals surface area (Å²) in [6.45, 7) is 1.91. The van der Waals surface area contributed by atoms with E-state index < -0.39 is 0 Å². The number of nitrogens with one attached hydrogen (secondary N) is 2. The summed E-state index contributed by atoms with van der Waals surface area (Å²) in [5.41, 5.74) is 3.36. The minimum absolute atomic E-state index is 0.0670. The molecule has 3 aromatic rings. The first-order chi connectivity index (χ1) is 13.1. The Hall–Kier alpha value is -3.14. The second-order valence-corrected chi connectivity index (χ2v) is 7.10. The minimum atomic E-state index is -0.0693. The summed E-state index contributed by atoms with van der Waals surface area (Å²) in [5.74, 6) is 0.145. The maximum Gasteiger partial charge on any atom is 0.228 e. The molecule has 0 atom stereocenters. The van der Waals surface area contributed by atoms with Crippen LogP contribution in [0.2, 0.25) is 0 Å². The molecule has 0 radical (unpaired) electrons. The second kappa shape index (κ2) is 7.23. The molecule has 0 bridgehead atoms. The van der Waals surface area contributed by atoms with Gasteiger partial charge in [0.05, 0.1) is 6.42 Å². The zero-order valence-corrected chi connectivity index (χ0v) is 15.3. The molecule has 0 unspecified atom stereocenters. The second-order valence-electron chi connectivity index (χ2n) is 7.10. The Bertz CT molecular complexity index is 1020. The van der Waals surface area contributed by atoms with E-state index in [1.807, 2.05) is 67.6 Å². The zero-order valence-electron chi connectivity index (χ0n) is 15.3. The van der Waals surface area contributed by atoms with Gasteiger partial charge in [-0.3, -0.25) is 9.59 Å². The predicted molar refractivity (Wildman–Crippen MR) is 109 cm³/mol. The van der Waals surface area contributed by atoms with Crippen molar-refractivity contribution < 1.29 is 9.59 Å². The van der Waals surface area contributed by atoms with Crippen LogP contribution < -0.4 is 10.6 Å². The quantitative estimate of drug-likeness (QED) is 0.696. The van der Waals surface area contributed by atoms with E-state index in [2.05, 4.69) is 10.6 Å². The third kappa shape index (κ3) is 3.85. The lowest BCUT2D eigenvalue weighted by atomic mass is 10.0. The van der Waals surface area contributed by atoms with Crippen molar-refractivity contribution in [2.24, 2.45) is 5.92 Å². The fourth-order valence-electron chi connectivity index (χ4n) is 3.30. The molecule has 0 saturated heterocycles. The molecule has 136 valence electrons. The van der Waals surface area contributed by atoms with Crippen LogP contribution in [0.4, 0.5) is 11.4 Å². The van der Waals surface area contributed by atoms with Crippen LogP contribution in [0, 0.1) is 12.8 Å². The van der Waals surface area contributed by atoms with Gasteiger partial charge in [0, 0.05) is 17.3 Å². The molecular weight excluding hydrogens is 336 g/mol. The van der Waals surface area contributed by atoms with Gasteiger partial charge < -0.3 is 10.6 Å².